The fourth-order valence-electron chi connectivity index (χ4n) is 6.02. The number of rotatable bonds is 7. The van der Waals surface area contributed by atoms with Gasteiger partial charge in [0.1, 0.15) is 5.60 Å². The fraction of sp³-hybridized carbons (Fsp3) is 0.710. The van der Waals surface area contributed by atoms with E-state index in [9.17, 15) is 26.4 Å². The van der Waals surface area contributed by atoms with E-state index in [4.69, 9.17) is 14.0 Å². The van der Waals surface area contributed by atoms with Crippen molar-refractivity contribution in [3.8, 4) is 0 Å². The number of piperidine rings is 1. The van der Waals surface area contributed by atoms with Crippen LogP contribution in [0.1, 0.15) is 86.1 Å². The molecule has 3 heterocycles. The maximum Gasteiger partial charge on any atom is 0.534 e. The zero-order chi connectivity index (χ0) is 33.6. The molecule has 1 amide bonds. The largest absolute Gasteiger partial charge is 0.534 e. The number of hydrogen-bond acceptors (Lipinski definition) is 8. The van der Waals surface area contributed by atoms with Crippen LogP contribution in [-0.2, 0) is 34.8 Å². The van der Waals surface area contributed by atoms with Crippen LogP contribution in [0.5, 0.6) is 0 Å². The summed E-state index contributed by atoms with van der Waals surface area (Å²) in [5.41, 5.74) is -5.30. The predicted octanol–water partition coefficient (Wildman–Crippen LogP) is 5.74. The summed E-state index contributed by atoms with van der Waals surface area (Å²) in [5.74, 6) is -0.828. The zero-order valence-corrected chi connectivity index (χ0v) is 28.3. The van der Waals surface area contributed by atoms with Gasteiger partial charge in [-0.15, -0.1) is 0 Å². The van der Waals surface area contributed by atoms with Gasteiger partial charge in [-0.1, -0.05) is 30.7 Å². The number of hydrogen-bond donors (Lipinski definition) is 0. The van der Waals surface area contributed by atoms with Gasteiger partial charge in [0.2, 0.25) is 5.88 Å². The van der Waals surface area contributed by atoms with Crippen LogP contribution in [0, 0.1) is 5.92 Å². The Balaban J connectivity index is 1.45. The lowest BCUT2D eigenvalue weighted by Gasteiger charge is -2.42. The lowest BCUT2D eigenvalue weighted by molar-refractivity contribution is -0.0547. The summed E-state index contributed by atoms with van der Waals surface area (Å²) < 4.78 is 85.1. The molecule has 2 fully saturated rings. The van der Waals surface area contributed by atoms with E-state index in [2.05, 4.69) is 28.3 Å². The Morgan fingerprint density at radius 1 is 1.07 bits per heavy atom. The molecule has 252 valence electrons. The van der Waals surface area contributed by atoms with E-state index in [0.717, 1.165) is 36.0 Å². The maximum absolute atomic E-state index is 13.1. The van der Waals surface area contributed by atoms with Crippen LogP contribution in [0.3, 0.4) is 0 Å². The molecule has 0 bridgehead atoms. The molecular weight excluding hydrogens is 612 g/mol. The summed E-state index contributed by atoms with van der Waals surface area (Å²) >= 11 is 0. The first-order valence-corrected chi connectivity index (χ1v) is 16.9. The van der Waals surface area contributed by atoms with Crippen molar-refractivity contribution in [1.82, 2.24) is 9.80 Å². The van der Waals surface area contributed by atoms with Gasteiger partial charge < -0.3 is 23.1 Å². The number of alkyl halides is 3. The second-order valence-corrected chi connectivity index (χ2v) is 15.9. The zero-order valence-electron chi connectivity index (χ0n) is 27.4. The van der Waals surface area contributed by atoms with Gasteiger partial charge in [0, 0.05) is 18.6 Å². The summed E-state index contributed by atoms with van der Waals surface area (Å²) in [4.78, 5) is 16.2. The molecule has 2 unspecified atom stereocenters. The van der Waals surface area contributed by atoms with Gasteiger partial charge in [0.15, 0.2) is 0 Å². The molecule has 0 N–H and O–H groups in total. The van der Waals surface area contributed by atoms with Crippen molar-refractivity contribution in [2.24, 2.45) is 5.92 Å². The number of amides is 1. The molecule has 0 aromatic heterocycles. The smallest absolute Gasteiger partial charge is 0.443 e. The van der Waals surface area contributed by atoms with Crippen molar-refractivity contribution < 1.29 is 44.6 Å². The van der Waals surface area contributed by atoms with Crippen LogP contribution in [0.15, 0.2) is 36.2 Å². The first-order valence-electron chi connectivity index (χ1n) is 15.5. The van der Waals surface area contributed by atoms with Gasteiger partial charge in [0.05, 0.1) is 11.2 Å². The Bertz CT molecular complexity index is 1360. The minimum absolute atomic E-state index is 0.0285. The minimum Gasteiger partial charge on any atom is -0.443 e. The number of likely N-dealkylation sites (N-methyl/N-ethyl adjacent to an activating group) is 1. The van der Waals surface area contributed by atoms with E-state index < -0.39 is 51.5 Å². The highest BCUT2D eigenvalue weighted by atomic mass is 32.2. The number of allylic oxidation sites excluding steroid dienone is 1. The SMILES string of the molecule is CN1C(Cc2cccc(B3OC(C)(C)C(C)(C)O3)c2)CCCC1C[C@H]1CC=C(OS(=O)(=O)C(F)(F)F)N(C(=O)OC(C)(C)C)C1. The summed E-state index contributed by atoms with van der Waals surface area (Å²) in [7, 11) is -4.32. The van der Waals surface area contributed by atoms with E-state index in [1.807, 2.05) is 39.8 Å². The van der Waals surface area contributed by atoms with E-state index in [1.54, 1.807) is 20.8 Å². The second kappa shape index (κ2) is 12.7. The van der Waals surface area contributed by atoms with Crippen LogP contribution in [0.25, 0.3) is 0 Å². The number of halogens is 3. The van der Waals surface area contributed by atoms with Gasteiger partial charge in [-0.05, 0) is 111 Å². The quantitative estimate of drug-likeness (QED) is 0.208. The maximum atomic E-state index is 13.1. The molecule has 3 atom stereocenters. The Morgan fingerprint density at radius 2 is 1.69 bits per heavy atom. The highest BCUT2D eigenvalue weighted by Crippen LogP contribution is 2.37. The molecule has 9 nitrogen and oxygen atoms in total. The number of ether oxygens (including phenoxy) is 1. The average Bonchev–Trinajstić information content (AvgIpc) is 3.12. The fourth-order valence-corrected chi connectivity index (χ4v) is 6.50. The van der Waals surface area contributed by atoms with Crippen molar-refractivity contribution in [1.29, 1.82) is 0 Å². The number of carbonyl (C=O) groups is 1. The monoisotopic (exact) mass is 658 g/mol. The first-order chi connectivity index (χ1) is 20.6. The van der Waals surface area contributed by atoms with Crippen LogP contribution in [0.4, 0.5) is 18.0 Å². The second-order valence-electron chi connectivity index (χ2n) is 14.4. The highest BCUT2D eigenvalue weighted by molar-refractivity contribution is 7.87. The van der Waals surface area contributed by atoms with Gasteiger partial charge >= 0.3 is 28.8 Å². The third-order valence-electron chi connectivity index (χ3n) is 9.20. The number of benzene rings is 1. The molecule has 3 aliphatic rings. The standard InChI is InChI=1S/C31H46BF3N2O7S/c1-28(2,3)41-27(38)37-20-22(15-16-26(37)42-45(39,40)31(33,34)35)19-25-14-10-13-24(36(25)8)18-21-11-9-12-23(17-21)32-43-29(4,5)30(6,7)44-32/h9,11-12,16-17,22,24-25H,10,13-15,18-20H2,1-8H3/t22-,24?,25?/m1/s1. The number of nitrogens with zero attached hydrogens (tertiary/aromatic N) is 2. The molecule has 45 heavy (non-hydrogen) atoms. The molecule has 1 aromatic carbocycles. The van der Waals surface area contributed by atoms with Gasteiger partial charge in [0.25, 0.3) is 0 Å². The van der Waals surface area contributed by atoms with Gasteiger partial charge in [-0.25, -0.2) is 9.69 Å². The molecule has 0 spiro atoms. The lowest BCUT2D eigenvalue weighted by Crippen LogP contribution is -2.48. The van der Waals surface area contributed by atoms with Crippen molar-refractivity contribution in [2.75, 3.05) is 13.6 Å². The Hall–Kier alpha value is -2.29. The van der Waals surface area contributed by atoms with Crippen molar-refractivity contribution >= 4 is 28.8 Å². The molecule has 2 saturated heterocycles. The van der Waals surface area contributed by atoms with E-state index >= 15 is 0 Å². The third kappa shape index (κ3) is 8.36. The molecule has 1 aromatic rings. The molecule has 14 heteroatoms. The summed E-state index contributed by atoms with van der Waals surface area (Å²) in [5, 5.41) is 0. The minimum atomic E-state index is -5.96. The summed E-state index contributed by atoms with van der Waals surface area (Å²) in [6.07, 6.45) is 4.96. The van der Waals surface area contributed by atoms with Gasteiger partial charge in [-0.2, -0.15) is 21.6 Å². The average molecular weight is 659 g/mol. The van der Waals surface area contributed by atoms with Gasteiger partial charge in [-0.3, -0.25) is 0 Å². The summed E-state index contributed by atoms with van der Waals surface area (Å²) in [6.45, 7) is 12.9. The molecule has 0 radical (unpaired) electrons. The molecule has 0 saturated carbocycles. The molecule has 3 aliphatic heterocycles. The predicted molar refractivity (Wildman–Crippen MR) is 165 cm³/mol. The van der Waals surface area contributed by atoms with Crippen LogP contribution in [0.2, 0.25) is 0 Å². The molecule has 4 rings (SSSR count). The lowest BCUT2D eigenvalue weighted by atomic mass is 9.77. The third-order valence-corrected chi connectivity index (χ3v) is 10.2. The Labute approximate surface area is 265 Å². The first kappa shape index (κ1) is 35.6. The van der Waals surface area contributed by atoms with E-state index in [0.29, 0.717) is 6.42 Å². The van der Waals surface area contributed by atoms with Crippen LogP contribution >= 0.6 is 0 Å². The number of carbonyl (C=O) groups excluding carboxylic acids is 1. The highest BCUT2D eigenvalue weighted by Gasteiger charge is 2.52. The van der Waals surface area contributed by atoms with Crippen molar-refractivity contribution in [3.05, 3.63) is 41.8 Å². The number of likely N-dealkylation sites (tertiary alicyclic amines) is 1. The van der Waals surface area contributed by atoms with E-state index in [-0.39, 0.29) is 31.0 Å². The topological polar surface area (TPSA) is 94.6 Å². The van der Waals surface area contributed by atoms with Crippen LogP contribution in [-0.4, -0.2) is 79.4 Å². The Morgan fingerprint density at radius 3 is 2.29 bits per heavy atom. The summed E-state index contributed by atoms with van der Waals surface area (Å²) in [6, 6.07) is 8.70. The van der Waals surface area contributed by atoms with Crippen molar-refractivity contribution in [3.63, 3.8) is 0 Å². The van der Waals surface area contributed by atoms with Crippen molar-refractivity contribution in [2.45, 2.75) is 121 Å². The van der Waals surface area contributed by atoms with E-state index in [1.165, 1.54) is 11.6 Å². The molecule has 0 aliphatic carbocycles. The Kier molecular flexibility index (Phi) is 10.1. The molecular formula is C31H46BF3N2O7S. The normalized spacial score (nSPS) is 26.0. The van der Waals surface area contributed by atoms with Crippen LogP contribution < -0.4 is 5.46 Å².